The van der Waals surface area contributed by atoms with Crippen molar-refractivity contribution in [1.29, 1.82) is 5.41 Å². The van der Waals surface area contributed by atoms with Crippen molar-refractivity contribution in [3.8, 4) is 0 Å². The van der Waals surface area contributed by atoms with Gasteiger partial charge in [-0.05, 0) is 30.2 Å². The SMILES string of the molecule is CO/C=C/C(=O)OCc1cnc2c(Cc3cc(F)c(C)cc3F)nc(C(=N)N)cn12. The number of nitrogens with one attached hydrogen (secondary N) is 1. The molecule has 0 radical (unpaired) electrons. The van der Waals surface area contributed by atoms with E-state index < -0.39 is 17.6 Å². The molecule has 8 nitrogen and oxygen atoms in total. The lowest BCUT2D eigenvalue weighted by Gasteiger charge is -2.10. The predicted molar refractivity (Wildman–Crippen MR) is 104 cm³/mol. The highest BCUT2D eigenvalue weighted by molar-refractivity contribution is 5.93. The van der Waals surface area contributed by atoms with Gasteiger partial charge in [0.25, 0.3) is 0 Å². The van der Waals surface area contributed by atoms with E-state index in [1.807, 2.05) is 0 Å². The lowest BCUT2D eigenvalue weighted by atomic mass is 10.1. The van der Waals surface area contributed by atoms with Gasteiger partial charge in [-0.1, -0.05) is 0 Å². The fourth-order valence-corrected chi connectivity index (χ4v) is 2.78. The van der Waals surface area contributed by atoms with Gasteiger partial charge >= 0.3 is 5.97 Å². The molecule has 0 atom stereocenters. The summed E-state index contributed by atoms with van der Waals surface area (Å²) in [6.45, 7) is 1.35. The molecule has 0 unspecified atom stereocenters. The summed E-state index contributed by atoms with van der Waals surface area (Å²) in [4.78, 5) is 20.2. The molecule has 2 heterocycles. The van der Waals surface area contributed by atoms with E-state index in [2.05, 4.69) is 14.7 Å². The smallest absolute Gasteiger partial charge is 0.334 e. The minimum absolute atomic E-state index is 0.0690. The second-order valence-corrected chi connectivity index (χ2v) is 6.45. The van der Waals surface area contributed by atoms with Crippen LogP contribution in [0.25, 0.3) is 5.65 Å². The van der Waals surface area contributed by atoms with Crippen molar-refractivity contribution in [2.24, 2.45) is 5.73 Å². The zero-order chi connectivity index (χ0) is 21.8. The molecule has 0 fully saturated rings. The molecule has 0 bridgehead atoms. The number of carbonyl (C=O) groups is 1. The number of nitrogen functional groups attached to an aromatic ring is 1. The van der Waals surface area contributed by atoms with Crippen molar-refractivity contribution in [3.63, 3.8) is 0 Å². The molecule has 30 heavy (non-hydrogen) atoms. The van der Waals surface area contributed by atoms with Gasteiger partial charge < -0.3 is 15.2 Å². The maximum Gasteiger partial charge on any atom is 0.334 e. The van der Waals surface area contributed by atoms with Crippen LogP contribution in [0.3, 0.4) is 0 Å². The lowest BCUT2D eigenvalue weighted by molar-refractivity contribution is -0.139. The van der Waals surface area contributed by atoms with Crippen molar-refractivity contribution >= 4 is 17.5 Å². The minimum atomic E-state index is -0.620. The first-order valence-electron chi connectivity index (χ1n) is 8.81. The number of hydrogen-bond acceptors (Lipinski definition) is 6. The van der Waals surface area contributed by atoms with Crippen LogP contribution in [-0.4, -0.2) is 33.3 Å². The summed E-state index contributed by atoms with van der Waals surface area (Å²) in [6, 6.07) is 2.22. The highest BCUT2D eigenvalue weighted by Crippen LogP contribution is 2.20. The van der Waals surface area contributed by atoms with Crippen LogP contribution in [0.15, 0.2) is 36.9 Å². The zero-order valence-corrected chi connectivity index (χ0v) is 16.3. The number of aromatic nitrogens is 3. The number of imidazole rings is 1. The van der Waals surface area contributed by atoms with Gasteiger partial charge in [-0.15, -0.1) is 0 Å². The Morgan fingerprint density at radius 1 is 1.33 bits per heavy atom. The van der Waals surface area contributed by atoms with Gasteiger partial charge in [-0.3, -0.25) is 9.81 Å². The van der Waals surface area contributed by atoms with Crippen LogP contribution in [0.1, 0.15) is 28.2 Å². The van der Waals surface area contributed by atoms with Crippen molar-refractivity contribution in [3.05, 3.63) is 76.7 Å². The maximum atomic E-state index is 14.3. The Hall–Kier alpha value is -3.82. The molecule has 1 aromatic carbocycles. The van der Waals surface area contributed by atoms with Crippen molar-refractivity contribution < 1.29 is 23.0 Å². The number of nitrogens with two attached hydrogens (primary N) is 1. The van der Waals surface area contributed by atoms with E-state index in [1.54, 1.807) is 4.40 Å². The third-order valence-electron chi connectivity index (χ3n) is 4.30. The molecule has 2 aromatic heterocycles. The summed E-state index contributed by atoms with van der Waals surface area (Å²) in [7, 11) is 1.40. The molecule has 0 saturated heterocycles. The lowest BCUT2D eigenvalue weighted by Crippen LogP contribution is -2.17. The van der Waals surface area contributed by atoms with Gasteiger partial charge in [0.2, 0.25) is 0 Å². The summed E-state index contributed by atoms with van der Waals surface area (Å²) in [5.41, 5.74) is 7.10. The molecule has 0 aliphatic heterocycles. The Labute approximate surface area is 170 Å². The first-order valence-corrected chi connectivity index (χ1v) is 8.81. The van der Waals surface area contributed by atoms with Crippen LogP contribution in [0.2, 0.25) is 0 Å². The number of hydrogen-bond donors (Lipinski definition) is 2. The van der Waals surface area contributed by atoms with E-state index in [0.29, 0.717) is 17.0 Å². The van der Waals surface area contributed by atoms with E-state index >= 15 is 0 Å². The van der Waals surface area contributed by atoms with Crippen molar-refractivity contribution in [1.82, 2.24) is 14.4 Å². The number of rotatable bonds is 7. The van der Waals surface area contributed by atoms with Crippen LogP contribution in [0.4, 0.5) is 8.78 Å². The first-order chi connectivity index (χ1) is 14.3. The molecule has 0 amide bonds. The maximum absolute atomic E-state index is 14.3. The molecule has 0 saturated carbocycles. The Morgan fingerprint density at radius 2 is 2.10 bits per heavy atom. The highest BCUT2D eigenvalue weighted by atomic mass is 19.1. The van der Waals surface area contributed by atoms with Crippen LogP contribution in [0, 0.1) is 24.0 Å². The molecule has 156 valence electrons. The Balaban J connectivity index is 2.00. The van der Waals surface area contributed by atoms with Gasteiger partial charge in [0.1, 0.15) is 29.8 Å². The minimum Gasteiger partial charge on any atom is -0.504 e. The average molecular weight is 415 g/mol. The normalized spacial score (nSPS) is 11.2. The predicted octanol–water partition coefficient (Wildman–Crippen LogP) is 2.39. The molecular formula is C20H19F2N5O3. The largest absolute Gasteiger partial charge is 0.504 e. The Morgan fingerprint density at radius 3 is 2.80 bits per heavy atom. The molecule has 3 N–H and O–H groups in total. The van der Waals surface area contributed by atoms with E-state index in [4.69, 9.17) is 15.9 Å². The van der Waals surface area contributed by atoms with Crippen molar-refractivity contribution in [2.75, 3.05) is 7.11 Å². The number of fused-ring (bicyclic) bond motifs is 1. The number of nitrogens with zero attached hydrogens (tertiary/aromatic N) is 3. The van der Waals surface area contributed by atoms with Gasteiger partial charge in [0.15, 0.2) is 5.65 Å². The first kappa shape index (κ1) is 20.9. The summed E-state index contributed by atoms with van der Waals surface area (Å²) < 4.78 is 39.6. The Kier molecular flexibility index (Phi) is 6.05. The second-order valence-electron chi connectivity index (χ2n) is 6.45. The summed E-state index contributed by atoms with van der Waals surface area (Å²) in [6.07, 6.45) is 5.16. The third-order valence-corrected chi connectivity index (χ3v) is 4.30. The number of aryl methyl sites for hydroxylation is 1. The van der Waals surface area contributed by atoms with Crippen LogP contribution < -0.4 is 5.73 Å². The number of ether oxygens (including phenoxy) is 2. The highest BCUT2D eigenvalue weighted by Gasteiger charge is 2.17. The number of methoxy groups -OCH3 is 1. The van der Waals surface area contributed by atoms with Crippen molar-refractivity contribution in [2.45, 2.75) is 20.0 Å². The number of amidine groups is 1. The van der Waals surface area contributed by atoms with Gasteiger partial charge in [-0.25, -0.2) is 23.5 Å². The second kappa shape index (κ2) is 8.68. The van der Waals surface area contributed by atoms with E-state index in [0.717, 1.165) is 18.2 Å². The molecule has 0 aliphatic rings. The van der Waals surface area contributed by atoms with E-state index in [9.17, 15) is 13.6 Å². The molecule has 0 aliphatic carbocycles. The zero-order valence-electron chi connectivity index (χ0n) is 16.3. The summed E-state index contributed by atoms with van der Waals surface area (Å²) in [5.74, 6) is -2.05. The van der Waals surface area contributed by atoms with E-state index in [-0.39, 0.29) is 35.7 Å². The van der Waals surface area contributed by atoms with Crippen LogP contribution in [-0.2, 0) is 27.3 Å². The van der Waals surface area contributed by atoms with Gasteiger partial charge in [0.05, 0.1) is 37.0 Å². The molecule has 10 heteroatoms. The summed E-state index contributed by atoms with van der Waals surface area (Å²) in [5, 5.41) is 7.70. The quantitative estimate of drug-likeness (QED) is 0.201. The average Bonchev–Trinajstić information content (AvgIpc) is 3.12. The summed E-state index contributed by atoms with van der Waals surface area (Å²) >= 11 is 0. The Bertz CT molecular complexity index is 1160. The fourth-order valence-electron chi connectivity index (χ4n) is 2.78. The number of halogens is 2. The number of carbonyl (C=O) groups excluding carboxylic acids is 1. The van der Waals surface area contributed by atoms with Crippen LogP contribution >= 0.6 is 0 Å². The molecule has 3 rings (SSSR count). The van der Waals surface area contributed by atoms with E-state index in [1.165, 1.54) is 32.7 Å². The number of esters is 1. The molecule has 3 aromatic rings. The van der Waals surface area contributed by atoms with Gasteiger partial charge in [0, 0.05) is 12.6 Å². The topological polar surface area (TPSA) is 116 Å². The van der Waals surface area contributed by atoms with Crippen LogP contribution in [0.5, 0.6) is 0 Å². The number of benzene rings is 1. The standard InChI is InChI=1S/C20H19F2N5O3/c1-11-5-15(22)12(6-14(11)21)7-16-20-25-8-13(10-30-18(28)3-4-29-2)27(20)9-17(26-16)19(23)24/h3-6,8-9H,7,10H2,1-2H3,(H3,23,24)/b4-3+. The fraction of sp³-hybridized carbons (Fsp3) is 0.200. The molecule has 0 spiro atoms. The molecular weight excluding hydrogens is 396 g/mol. The van der Waals surface area contributed by atoms with Gasteiger partial charge in [-0.2, -0.15) is 0 Å². The monoisotopic (exact) mass is 415 g/mol. The third kappa shape index (κ3) is 4.43.